The van der Waals surface area contributed by atoms with Crippen LogP contribution >= 0.6 is 0 Å². The van der Waals surface area contributed by atoms with Crippen molar-refractivity contribution >= 4 is 0 Å². The summed E-state index contributed by atoms with van der Waals surface area (Å²) in [5, 5.41) is 18.6. The number of rotatable bonds is 5. The molecule has 0 bridgehead atoms. The second-order valence-corrected chi connectivity index (χ2v) is 3.79. The Hall–Kier alpha value is -0.0800. The van der Waals surface area contributed by atoms with Crippen molar-refractivity contribution in [2.24, 2.45) is 0 Å². The third kappa shape index (κ3) is 7.82. The topological polar surface area (TPSA) is 40.5 Å². The lowest BCUT2D eigenvalue weighted by molar-refractivity contribution is 0.0469. The average molecular weight is 160 g/mol. The number of aliphatic hydroxyl groups is 2. The molecule has 0 amide bonds. The Morgan fingerprint density at radius 2 is 1.82 bits per heavy atom. The fraction of sp³-hybridized carbons (Fsp3) is 1.00. The van der Waals surface area contributed by atoms with E-state index in [0.29, 0.717) is 12.8 Å². The molecule has 0 aliphatic carbocycles. The van der Waals surface area contributed by atoms with Gasteiger partial charge in [0.25, 0.3) is 0 Å². The lowest BCUT2D eigenvalue weighted by Gasteiger charge is -2.18. The van der Waals surface area contributed by atoms with Crippen molar-refractivity contribution in [3.05, 3.63) is 0 Å². The standard InChI is InChI=1S/C9H20O2/c1-4-5-8(10)6-7-9(2,3)11/h8,10-11H,4-7H2,1-3H3. The van der Waals surface area contributed by atoms with Crippen molar-refractivity contribution in [1.29, 1.82) is 0 Å². The molecule has 1 unspecified atom stereocenters. The fourth-order valence-electron chi connectivity index (χ4n) is 0.997. The lowest BCUT2D eigenvalue weighted by Crippen LogP contribution is -2.21. The highest BCUT2D eigenvalue weighted by atomic mass is 16.3. The summed E-state index contributed by atoms with van der Waals surface area (Å²) >= 11 is 0. The predicted molar refractivity (Wildman–Crippen MR) is 46.4 cm³/mol. The maximum absolute atomic E-state index is 9.32. The van der Waals surface area contributed by atoms with E-state index < -0.39 is 5.60 Å². The Balaban J connectivity index is 3.38. The largest absolute Gasteiger partial charge is 0.393 e. The summed E-state index contributed by atoms with van der Waals surface area (Å²) in [5.41, 5.74) is -0.630. The molecule has 2 heteroatoms. The number of aliphatic hydroxyl groups excluding tert-OH is 1. The first kappa shape index (κ1) is 10.9. The van der Waals surface area contributed by atoms with Gasteiger partial charge < -0.3 is 10.2 Å². The Morgan fingerprint density at radius 3 is 2.18 bits per heavy atom. The van der Waals surface area contributed by atoms with Crippen LogP contribution in [0, 0.1) is 0 Å². The highest BCUT2D eigenvalue weighted by molar-refractivity contribution is 4.67. The second kappa shape index (κ2) is 4.73. The Morgan fingerprint density at radius 1 is 1.27 bits per heavy atom. The van der Waals surface area contributed by atoms with Crippen molar-refractivity contribution < 1.29 is 10.2 Å². The summed E-state index contributed by atoms with van der Waals surface area (Å²) in [6.45, 7) is 5.59. The van der Waals surface area contributed by atoms with Crippen LogP contribution in [0.3, 0.4) is 0 Å². The zero-order valence-corrected chi connectivity index (χ0v) is 7.80. The monoisotopic (exact) mass is 160 g/mol. The van der Waals surface area contributed by atoms with Gasteiger partial charge in [0.1, 0.15) is 0 Å². The molecule has 0 aromatic heterocycles. The molecule has 0 aromatic rings. The molecule has 0 saturated heterocycles. The molecule has 0 aliphatic rings. The first-order valence-electron chi connectivity index (χ1n) is 4.36. The van der Waals surface area contributed by atoms with Crippen molar-refractivity contribution in [1.82, 2.24) is 0 Å². The van der Waals surface area contributed by atoms with Crippen LogP contribution in [0.15, 0.2) is 0 Å². The molecular weight excluding hydrogens is 140 g/mol. The Bertz CT molecular complexity index is 94.2. The van der Waals surface area contributed by atoms with Crippen LogP contribution < -0.4 is 0 Å². The van der Waals surface area contributed by atoms with E-state index in [-0.39, 0.29) is 6.10 Å². The third-order valence-corrected chi connectivity index (χ3v) is 1.71. The minimum Gasteiger partial charge on any atom is -0.393 e. The van der Waals surface area contributed by atoms with Crippen molar-refractivity contribution in [3.63, 3.8) is 0 Å². The first-order chi connectivity index (χ1) is 4.95. The van der Waals surface area contributed by atoms with E-state index in [9.17, 15) is 10.2 Å². The second-order valence-electron chi connectivity index (χ2n) is 3.79. The zero-order valence-electron chi connectivity index (χ0n) is 7.80. The zero-order chi connectivity index (χ0) is 8.91. The summed E-state index contributed by atoms with van der Waals surface area (Å²) in [4.78, 5) is 0. The molecule has 0 heterocycles. The van der Waals surface area contributed by atoms with Crippen molar-refractivity contribution in [2.45, 2.75) is 58.2 Å². The van der Waals surface area contributed by atoms with Gasteiger partial charge in [0.05, 0.1) is 11.7 Å². The van der Waals surface area contributed by atoms with Gasteiger partial charge in [0.2, 0.25) is 0 Å². The van der Waals surface area contributed by atoms with Gasteiger partial charge in [-0.05, 0) is 33.1 Å². The van der Waals surface area contributed by atoms with E-state index in [2.05, 4.69) is 0 Å². The maximum atomic E-state index is 9.32. The SMILES string of the molecule is CCCC(O)CCC(C)(C)O. The van der Waals surface area contributed by atoms with Crippen LogP contribution in [-0.2, 0) is 0 Å². The minimum absolute atomic E-state index is 0.230. The van der Waals surface area contributed by atoms with Crippen LogP contribution in [-0.4, -0.2) is 21.9 Å². The van der Waals surface area contributed by atoms with Crippen molar-refractivity contribution in [2.75, 3.05) is 0 Å². The molecule has 1 atom stereocenters. The van der Waals surface area contributed by atoms with E-state index in [4.69, 9.17) is 0 Å². The molecule has 11 heavy (non-hydrogen) atoms. The van der Waals surface area contributed by atoms with Crippen LogP contribution in [0.5, 0.6) is 0 Å². The van der Waals surface area contributed by atoms with Crippen LogP contribution in [0.25, 0.3) is 0 Å². The van der Waals surface area contributed by atoms with E-state index >= 15 is 0 Å². The molecule has 0 rings (SSSR count). The van der Waals surface area contributed by atoms with E-state index in [1.54, 1.807) is 13.8 Å². The Labute approximate surface area is 69.2 Å². The first-order valence-corrected chi connectivity index (χ1v) is 4.36. The van der Waals surface area contributed by atoms with Gasteiger partial charge in [-0.25, -0.2) is 0 Å². The molecule has 0 fully saturated rings. The van der Waals surface area contributed by atoms with Crippen molar-refractivity contribution in [3.8, 4) is 0 Å². The number of hydrogen-bond donors (Lipinski definition) is 2. The lowest BCUT2D eigenvalue weighted by atomic mass is 9.99. The summed E-state index contributed by atoms with van der Waals surface area (Å²) in [6, 6.07) is 0. The molecule has 2 N–H and O–H groups in total. The van der Waals surface area contributed by atoms with Crippen LogP contribution in [0.1, 0.15) is 46.5 Å². The van der Waals surface area contributed by atoms with Gasteiger partial charge in [-0.3, -0.25) is 0 Å². The van der Waals surface area contributed by atoms with Gasteiger partial charge in [0, 0.05) is 0 Å². The van der Waals surface area contributed by atoms with Gasteiger partial charge >= 0.3 is 0 Å². The van der Waals surface area contributed by atoms with Crippen LogP contribution in [0.2, 0.25) is 0 Å². The van der Waals surface area contributed by atoms with Gasteiger partial charge in [-0.2, -0.15) is 0 Å². The normalized spacial score (nSPS) is 15.0. The fourth-order valence-corrected chi connectivity index (χ4v) is 0.997. The number of hydrogen-bond acceptors (Lipinski definition) is 2. The van der Waals surface area contributed by atoms with E-state index in [1.165, 1.54) is 0 Å². The highest BCUT2D eigenvalue weighted by Crippen LogP contribution is 2.14. The maximum Gasteiger partial charge on any atom is 0.0592 e. The Kier molecular flexibility index (Phi) is 4.69. The molecule has 0 radical (unpaired) electrons. The van der Waals surface area contributed by atoms with E-state index in [0.717, 1.165) is 12.8 Å². The summed E-state index contributed by atoms with van der Waals surface area (Å²) < 4.78 is 0. The summed E-state index contributed by atoms with van der Waals surface area (Å²) in [7, 11) is 0. The van der Waals surface area contributed by atoms with Gasteiger partial charge in [-0.1, -0.05) is 13.3 Å². The molecule has 2 nitrogen and oxygen atoms in total. The minimum atomic E-state index is -0.630. The molecule has 0 spiro atoms. The summed E-state index contributed by atoms with van der Waals surface area (Å²) in [6.07, 6.45) is 3.00. The quantitative estimate of drug-likeness (QED) is 0.642. The highest BCUT2D eigenvalue weighted by Gasteiger charge is 2.14. The average Bonchev–Trinajstić information content (AvgIpc) is 1.83. The molecule has 0 saturated carbocycles. The molecule has 0 aromatic carbocycles. The molecule has 0 aliphatic heterocycles. The van der Waals surface area contributed by atoms with E-state index in [1.807, 2.05) is 6.92 Å². The summed E-state index contributed by atoms with van der Waals surface area (Å²) in [5.74, 6) is 0. The van der Waals surface area contributed by atoms with Crippen LogP contribution in [0.4, 0.5) is 0 Å². The van der Waals surface area contributed by atoms with Gasteiger partial charge in [-0.15, -0.1) is 0 Å². The molecular formula is C9H20O2. The third-order valence-electron chi connectivity index (χ3n) is 1.71. The van der Waals surface area contributed by atoms with Gasteiger partial charge in [0.15, 0.2) is 0 Å². The molecule has 68 valence electrons. The predicted octanol–water partition coefficient (Wildman–Crippen LogP) is 1.70. The smallest absolute Gasteiger partial charge is 0.0592 e.